The van der Waals surface area contributed by atoms with Gasteiger partial charge in [-0.1, -0.05) is 0 Å². The fourth-order valence-electron chi connectivity index (χ4n) is 3.52. The first kappa shape index (κ1) is 20.5. The molecule has 9 heteroatoms. The zero-order chi connectivity index (χ0) is 21.5. The molecule has 1 atom stereocenters. The lowest BCUT2D eigenvalue weighted by atomic mass is 10.1. The highest BCUT2D eigenvalue weighted by molar-refractivity contribution is 5.85. The Morgan fingerprint density at radius 2 is 1.90 bits per heavy atom. The third kappa shape index (κ3) is 4.21. The number of pyridine rings is 1. The van der Waals surface area contributed by atoms with E-state index in [9.17, 15) is 22.4 Å². The van der Waals surface area contributed by atoms with Gasteiger partial charge in [0.1, 0.15) is 5.82 Å². The second-order valence-electron chi connectivity index (χ2n) is 7.67. The van der Waals surface area contributed by atoms with E-state index in [1.165, 1.54) is 23.5 Å². The Morgan fingerprint density at radius 3 is 2.53 bits per heavy atom. The van der Waals surface area contributed by atoms with E-state index >= 15 is 0 Å². The molecule has 0 bridgehead atoms. The molecule has 1 saturated carbocycles. The Labute approximate surface area is 169 Å². The van der Waals surface area contributed by atoms with Crippen LogP contribution in [0.25, 0.3) is 22.2 Å². The molecule has 4 rings (SSSR count). The van der Waals surface area contributed by atoms with E-state index in [0.29, 0.717) is 30.2 Å². The van der Waals surface area contributed by atoms with E-state index in [1.807, 2.05) is 0 Å². The molecule has 0 saturated heterocycles. The van der Waals surface area contributed by atoms with Crippen molar-refractivity contribution < 1.29 is 17.6 Å². The molecule has 0 spiro atoms. The number of alkyl halides is 3. The van der Waals surface area contributed by atoms with E-state index in [4.69, 9.17) is 5.73 Å². The quantitative estimate of drug-likeness (QED) is 0.609. The summed E-state index contributed by atoms with van der Waals surface area (Å²) in [5, 5.41) is 0.656. The summed E-state index contributed by atoms with van der Waals surface area (Å²) in [7, 11) is 0. The predicted octanol–water partition coefficient (Wildman–Crippen LogP) is 4.13. The number of rotatable bonds is 6. The summed E-state index contributed by atoms with van der Waals surface area (Å²) in [4.78, 5) is 20.0. The largest absolute Gasteiger partial charge is 0.419 e. The Bertz CT molecular complexity index is 1120. The van der Waals surface area contributed by atoms with Gasteiger partial charge < -0.3 is 10.3 Å². The van der Waals surface area contributed by atoms with Crippen LogP contribution in [0.2, 0.25) is 0 Å². The van der Waals surface area contributed by atoms with Crippen LogP contribution < -0.4 is 11.3 Å². The number of nitrogens with zero attached hydrogens (tertiary/aromatic N) is 3. The van der Waals surface area contributed by atoms with Gasteiger partial charge in [-0.05, 0) is 55.2 Å². The molecule has 2 aromatic heterocycles. The standard InChI is InChI=1S/C21H20F4N4O/c22-17-9-15-13(8-16(17)19-27-10-14(11-28-19)21(23,24)25)5-7-29(20(15)30)6-1-2-18(26)12-3-4-12/h5,7-12,18H,1-4,6,26H2. The number of aromatic nitrogens is 3. The molecule has 3 aromatic rings. The van der Waals surface area contributed by atoms with Crippen molar-refractivity contribution in [2.45, 2.75) is 44.4 Å². The van der Waals surface area contributed by atoms with Crippen molar-refractivity contribution in [1.82, 2.24) is 14.5 Å². The lowest BCUT2D eigenvalue weighted by Gasteiger charge is -2.12. The van der Waals surface area contributed by atoms with Gasteiger partial charge in [0.05, 0.1) is 16.5 Å². The third-order valence-electron chi connectivity index (χ3n) is 5.45. The molecule has 1 aliphatic rings. The van der Waals surface area contributed by atoms with Crippen LogP contribution in [0.1, 0.15) is 31.2 Å². The third-order valence-corrected chi connectivity index (χ3v) is 5.45. The van der Waals surface area contributed by atoms with Crippen molar-refractivity contribution in [3.05, 3.63) is 58.5 Å². The number of hydrogen-bond donors (Lipinski definition) is 1. The molecule has 1 unspecified atom stereocenters. The molecule has 5 nitrogen and oxygen atoms in total. The highest BCUT2D eigenvalue weighted by Crippen LogP contribution is 2.33. The molecule has 2 N–H and O–H groups in total. The highest BCUT2D eigenvalue weighted by Gasteiger charge is 2.31. The maximum atomic E-state index is 14.6. The zero-order valence-corrected chi connectivity index (χ0v) is 16.0. The van der Waals surface area contributed by atoms with Crippen molar-refractivity contribution in [2.75, 3.05) is 0 Å². The monoisotopic (exact) mass is 420 g/mol. The van der Waals surface area contributed by atoms with Crippen LogP contribution in [0.5, 0.6) is 0 Å². The van der Waals surface area contributed by atoms with Gasteiger partial charge in [-0.25, -0.2) is 14.4 Å². The summed E-state index contributed by atoms with van der Waals surface area (Å²) >= 11 is 0. The maximum absolute atomic E-state index is 14.6. The van der Waals surface area contributed by atoms with Gasteiger partial charge in [0.15, 0.2) is 5.82 Å². The van der Waals surface area contributed by atoms with Gasteiger partial charge in [0.25, 0.3) is 5.56 Å². The van der Waals surface area contributed by atoms with E-state index in [2.05, 4.69) is 9.97 Å². The van der Waals surface area contributed by atoms with Crippen LogP contribution in [0.4, 0.5) is 17.6 Å². The molecular weight excluding hydrogens is 400 g/mol. The topological polar surface area (TPSA) is 73.8 Å². The van der Waals surface area contributed by atoms with Crippen molar-refractivity contribution in [3.63, 3.8) is 0 Å². The van der Waals surface area contributed by atoms with Crippen LogP contribution in [0.3, 0.4) is 0 Å². The fraction of sp³-hybridized carbons (Fsp3) is 0.381. The fourth-order valence-corrected chi connectivity index (χ4v) is 3.52. The smallest absolute Gasteiger partial charge is 0.327 e. The van der Waals surface area contributed by atoms with Gasteiger partial charge in [0, 0.05) is 31.2 Å². The predicted molar refractivity (Wildman–Crippen MR) is 104 cm³/mol. The van der Waals surface area contributed by atoms with Gasteiger partial charge in [0.2, 0.25) is 0 Å². The Morgan fingerprint density at radius 1 is 1.20 bits per heavy atom. The first-order valence-corrected chi connectivity index (χ1v) is 9.72. The van der Waals surface area contributed by atoms with Crippen LogP contribution in [-0.4, -0.2) is 20.6 Å². The number of fused-ring (bicyclic) bond motifs is 1. The normalized spacial score (nSPS) is 15.5. The second-order valence-corrected chi connectivity index (χ2v) is 7.67. The minimum Gasteiger partial charge on any atom is -0.327 e. The van der Waals surface area contributed by atoms with Crippen molar-refractivity contribution in [3.8, 4) is 11.4 Å². The van der Waals surface area contributed by atoms with Crippen molar-refractivity contribution >= 4 is 10.8 Å². The number of halogens is 4. The SMILES string of the molecule is NC(CCCn1ccc2cc(-c3ncc(C(F)(F)F)cn3)c(F)cc2c1=O)C1CC1. The summed E-state index contributed by atoms with van der Waals surface area (Å²) in [5.41, 5.74) is 4.68. The van der Waals surface area contributed by atoms with Crippen LogP contribution in [-0.2, 0) is 12.7 Å². The lowest BCUT2D eigenvalue weighted by molar-refractivity contribution is -0.138. The lowest BCUT2D eigenvalue weighted by Crippen LogP contribution is -2.24. The molecule has 0 radical (unpaired) electrons. The zero-order valence-electron chi connectivity index (χ0n) is 16.0. The van der Waals surface area contributed by atoms with Gasteiger partial charge in [-0.15, -0.1) is 0 Å². The van der Waals surface area contributed by atoms with Gasteiger partial charge in [-0.2, -0.15) is 13.2 Å². The van der Waals surface area contributed by atoms with Gasteiger partial charge in [-0.3, -0.25) is 4.79 Å². The van der Waals surface area contributed by atoms with E-state index < -0.39 is 17.6 Å². The summed E-state index contributed by atoms with van der Waals surface area (Å²) in [6, 6.07) is 4.29. The first-order chi connectivity index (χ1) is 14.2. The van der Waals surface area contributed by atoms with E-state index in [-0.39, 0.29) is 28.4 Å². The average Bonchev–Trinajstić information content (AvgIpc) is 3.55. The number of hydrogen-bond acceptors (Lipinski definition) is 4. The maximum Gasteiger partial charge on any atom is 0.419 e. The van der Waals surface area contributed by atoms with Crippen molar-refractivity contribution in [1.29, 1.82) is 0 Å². The molecule has 158 valence electrons. The Kier molecular flexibility index (Phi) is 5.31. The number of nitrogens with two attached hydrogens (primary N) is 1. The van der Waals surface area contributed by atoms with Crippen LogP contribution >= 0.6 is 0 Å². The van der Waals surface area contributed by atoms with Crippen LogP contribution in [0.15, 0.2) is 41.6 Å². The summed E-state index contributed by atoms with van der Waals surface area (Å²) in [6.07, 6.45) is 2.18. The summed E-state index contributed by atoms with van der Waals surface area (Å²) in [5.74, 6) is -0.355. The van der Waals surface area contributed by atoms with E-state index in [0.717, 1.165) is 18.9 Å². The van der Waals surface area contributed by atoms with Gasteiger partial charge >= 0.3 is 6.18 Å². The molecule has 30 heavy (non-hydrogen) atoms. The van der Waals surface area contributed by atoms with Crippen molar-refractivity contribution in [2.24, 2.45) is 11.7 Å². The second kappa shape index (κ2) is 7.79. The minimum absolute atomic E-state index is 0.0659. The molecule has 1 aromatic carbocycles. The van der Waals surface area contributed by atoms with E-state index in [1.54, 1.807) is 12.3 Å². The first-order valence-electron chi connectivity index (χ1n) is 9.72. The highest BCUT2D eigenvalue weighted by atomic mass is 19.4. The molecule has 0 aliphatic heterocycles. The number of benzene rings is 1. The Hall–Kier alpha value is -2.81. The average molecular weight is 420 g/mol. The Balaban J connectivity index is 1.58. The number of aryl methyl sites for hydroxylation is 1. The molecule has 1 aliphatic carbocycles. The molecule has 0 amide bonds. The molecule has 2 heterocycles. The summed E-state index contributed by atoms with van der Waals surface area (Å²) < 4.78 is 54.2. The van der Waals surface area contributed by atoms with Crippen LogP contribution in [0, 0.1) is 11.7 Å². The minimum atomic E-state index is -4.58. The summed E-state index contributed by atoms with van der Waals surface area (Å²) in [6.45, 7) is 0.487. The molecular formula is C21H20F4N4O. The molecule has 1 fully saturated rings.